The lowest BCUT2D eigenvalue weighted by molar-refractivity contribution is 0.397. The highest BCUT2D eigenvalue weighted by molar-refractivity contribution is 7.87. The van der Waals surface area contributed by atoms with E-state index < -0.39 is 10.1 Å². The summed E-state index contributed by atoms with van der Waals surface area (Å²) >= 11 is 0. The minimum absolute atomic E-state index is 0.204. The van der Waals surface area contributed by atoms with E-state index in [9.17, 15) is 8.42 Å². The number of anilines is 1. The Bertz CT molecular complexity index is 413. The molecule has 1 aromatic carbocycles. The van der Waals surface area contributed by atoms with Crippen LogP contribution in [0.3, 0.4) is 0 Å². The molecule has 5 nitrogen and oxygen atoms in total. The molecular weight excluding hydrogens is 194 g/mol. The van der Waals surface area contributed by atoms with Gasteiger partial charge in [-0.15, -0.1) is 0 Å². The molecule has 0 aliphatic heterocycles. The molecule has 0 unspecified atom stereocenters. The van der Waals surface area contributed by atoms with Gasteiger partial charge in [-0.05, 0) is 12.1 Å². The zero-order valence-electron chi connectivity index (χ0n) is 6.89. The quantitative estimate of drug-likeness (QED) is 0.410. The topological polar surface area (TPSA) is 89.6 Å². The summed E-state index contributed by atoms with van der Waals surface area (Å²) < 4.78 is 26.6. The third kappa shape index (κ3) is 1.73. The molecule has 0 saturated carbocycles. The monoisotopic (exact) mass is 203 g/mol. The standard InChI is InChI=1S/C7H9NO4S/c1-12-13(10,11)6-4-2-3-5(9)7(6)8/h2-4,9H,8H2,1H3. The molecule has 0 atom stereocenters. The first-order valence-electron chi connectivity index (χ1n) is 3.37. The Balaban J connectivity index is 3.40. The maximum absolute atomic E-state index is 11.2. The lowest BCUT2D eigenvalue weighted by Gasteiger charge is -2.05. The van der Waals surface area contributed by atoms with Crippen molar-refractivity contribution in [1.82, 2.24) is 0 Å². The normalized spacial score (nSPS) is 11.5. The van der Waals surface area contributed by atoms with Crippen LogP contribution in [-0.4, -0.2) is 20.6 Å². The SMILES string of the molecule is COS(=O)(=O)c1cccc(O)c1N. The zero-order chi connectivity index (χ0) is 10.1. The van der Waals surface area contributed by atoms with E-state index in [0.29, 0.717) is 0 Å². The number of phenols is 1. The van der Waals surface area contributed by atoms with Gasteiger partial charge in [0.25, 0.3) is 10.1 Å². The zero-order valence-corrected chi connectivity index (χ0v) is 7.71. The van der Waals surface area contributed by atoms with Crippen LogP contribution in [0.25, 0.3) is 0 Å². The van der Waals surface area contributed by atoms with Crippen LogP contribution in [0.2, 0.25) is 0 Å². The maximum Gasteiger partial charge on any atom is 0.298 e. The van der Waals surface area contributed by atoms with Crippen LogP contribution in [0.1, 0.15) is 0 Å². The predicted octanol–water partition coefficient (Wildman–Crippen LogP) is 0.310. The van der Waals surface area contributed by atoms with Crippen LogP contribution in [0.5, 0.6) is 5.75 Å². The van der Waals surface area contributed by atoms with Gasteiger partial charge in [-0.25, -0.2) is 0 Å². The van der Waals surface area contributed by atoms with Crippen molar-refractivity contribution in [3.05, 3.63) is 18.2 Å². The molecule has 72 valence electrons. The molecule has 0 spiro atoms. The number of benzene rings is 1. The fourth-order valence-corrected chi connectivity index (χ4v) is 1.64. The highest BCUT2D eigenvalue weighted by atomic mass is 32.2. The second-order valence-corrected chi connectivity index (χ2v) is 3.99. The molecule has 0 fully saturated rings. The third-order valence-electron chi connectivity index (χ3n) is 1.53. The summed E-state index contributed by atoms with van der Waals surface area (Å²) in [6.45, 7) is 0. The van der Waals surface area contributed by atoms with E-state index in [4.69, 9.17) is 10.8 Å². The Morgan fingerprint density at radius 1 is 1.46 bits per heavy atom. The third-order valence-corrected chi connectivity index (χ3v) is 2.87. The van der Waals surface area contributed by atoms with E-state index in [1.807, 2.05) is 0 Å². The molecule has 13 heavy (non-hydrogen) atoms. The highest BCUT2D eigenvalue weighted by Crippen LogP contribution is 2.27. The largest absolute Gasteiger partial charge is 0.506 e. The molecular formula is C7H9NO4S. The van der Waals surface area contributed by atoms with Crippen LogP contribution in [0, 0.1) is 0 Å². The van der Waals surface area contributed by atoms with Crippen LogP contribution in [0.15, 0.2) is 23.1 Å². The lowest BCUT2D eigenvalue weighted by atomic mass is 10.3. The van der Waals surface area contributed by atoms with Crippen LogP contribution in [-0.2, 0) is 14.3 Å². The van der Waals surface area contributed by atoms with Crippen molar-refractivity contribution >= 4 is 15.8 Å². The second kappa shape index (κ2) is 3.23. The first-order chi connectivity index (χ1) is 5.99. The molecule has 0 bridgehead atoms. The molecule has 0 aromatic heterocycles. The molecule has 3 N–H and O–H groups in total. The average molecular weight is 203 g/mol. The van der Waals surface area contributed by atoms with Crippen molar-refractivity contribution in [1.29, 1.82) is 0 Å². The van der Waals surface area contributed by atoms with Crippen LogP contribution < -0.4 is 5.73 Å². The van der Waals surface area contributed by atoms with Gasteiger partial charge in [0.05, 0.1) is 12.8 Å². The summed E-state index contributed by atoms with van der Waals surface area (Å²) in [5.74, 6) is -0.280. The van der Waals surface area contributed by atoms with Crippen molar-refractivity contribution in [2.45, 2.75) is 4.90 Å². The van der Waals surface area contributed by atoms with Crippen molar-refractivity contribution in [2.24, 2.45) is 0 Å². The van der Waals surface area contributed by atoms with Gasteiger partial charge in [-0.1, -0.05) is 6.07 Å². The fraction of sp³-hybridized carbons (Fsp3) is 0.143. The molecule has 6 heteroatoms. The Hall–Kier alpha value is -1.27. The van der Waals surface area contributed by atoms with E-state index in [1.54, 1.807) is 0 Å². The Kier molecular flexibility index (Phi) is 2.44. The number of aromatic hydroxyl groups is 1. The number of rotatable bonds is 2. The molecule has 0 aliphatic rings. The summed E-state index contributed by atoms with van der Waals surface area (Å²) in [4.78, 5) is -0.227. The number of phenolic OH excluding ortho intramolecular Hbond substituents is 1. The first-order valence-corrected chi connectivity index (χ1v) is 4.78. The Labute approximate surface area is 75.9 Å². The predicted molar refractivity (Wildman–Crippen MR) is 46.7 cm³/mol. The van der Waals surface area contributed by atoms with Gasteiger partial charge in [0.1, 0.15) is 10.6 Å². The molecule has 0 amide bonds. The molecule has 0 heterocycles. The van der Waals surface area contributed by atoms with Crippen LogP contribution >= 0.6 is 0 Å². The molecule has 0 aliphatic carbocycles. The van der Waals surface area contributed by atoms with E-state index in [0.717, 1.165) is 7.11 Å². The molecule has 0 radical (unpaired) electrons. The van der Waals surface area contributed by atoms with E-state index in [1.165, 1.54) is 18.2 Å². The number of para-hydroxylation sites is 1. The van der Waals surface area contributed by atoms with Crippen LogP contribution in [0.4, 0.5) is 5.69 Å². The Morgan fingerprint density at radius 2 is 2.08 bits per heavy atom. The number of hydrogen-bond acceptors (Lipinski definition) is 5. The summed E-state index contributed by atoms with van der Waals surface area (Å²) in [5.41, 5.74) is 5.13. The number of hydrogen-bond donors (Lipinski definition) is 2. The molecule has 1 rings (SSSR count). The van der Waals surface area contributed by atoms with Crippen molar-refractivity contribution in [3.8, 4) is 5.75 Å². The van der Waals surface area contributed by atoms with E-state index in [-0.39, 0.29) is 16.3 Å². The smallest absolute Gasteiger partial charge is 0.298 e. The molecule has 1 aromatic rings. The summed E-state index contributed by atoms with van der Waals surface area (Å²) in [5, 5.41) is 9.11. The minimum atomic E-state index is -3.84. The lowest BCUT2D eigenvalue weighted by Crippen LogP contribution is -2.06. The first kappa shape index (κ1) is 9.82. The van der Waals surface area contributed by atoms with Gasteiger partial charge < -0.3 is 10.8 Å². The maximum atomic E-state index is 11.2. The number of nitrogen functional groups attached to an aromatic ring is 1. The van der Waals surface area contributed by atoms with Gasteiger partial charge in [0, 0.05) is 0 Å². The number of nitrogens with two attached hydrogens (primary N) is 1. The van der Waals surface area contributed by atoms with Gasteiger partial charge >= 0.3 is 0 Å². The van der Waals surface area contributed by atoms with Crippen molar-refractivity contribution in [2.75, 3.05) is 12.8 Å². The van der Waals surface area contributed by atoms with Gasteiger partial charge in [0.2, 0.25) is 0 Å². The van der Waals surface area contributed by atoms with E-state index >= 15 is 0 Å². The van der Waals surface area contributed by atoms with E-state index in [2.05, 4.69) is 4.18 Å². The summed E-state index contributed by atoms with van der Waals surface area (Å²) in [7, 11) is -2.81. The summed E-state index contributed by atoms with van der Waals surface area (Å²) in [6, 6.07) is 3.93. The van der Waals surface area contributed by atoms with Gasteiger partial charge in [-0.3, -0.25) is 4.18 Å². The second-order valence-electron chi connectivity index (χ2n) is 2.31. The van der Waals surface area contributed by atoms with Gasteiger partial charge in [0.15, 0.2) is 0 Å². The Morgan fingerprint density at radius 3 is 2.62 bits per heavy atom. The fourth-order valence-electron chi connectivity index (χ4n) is 0.840. The highest BCUT2D eigenvalue weighted by Gasteiger charge is 2.18. The van der Waals surface area contributed by atoms with Crippen molar-refractivity contribution in [3.63, 3.8) is 0 Å². The van der Waals surface area contributed by atoms with Crippen molar-refractivity contribution < 1.29 is 17.7 Å². The summed E-state index contributed by atoms with van der Waals surface area (Å²) in [6.07, 6.45) is 0. The average Bonchev–Trinajstić information content (AvgIpc) is 2.09. The van der Waals surface area contributed by atoms with Gasteiger partial charge in [-0.2, -0.15) is 8.42 Å². The minimum Gasteiger partial charge on any atom is -0.506 e. The molecule has 0 saturated heterocycles.